The van der Waals surface area contributed by atoms with Gasteiger partial charge in [-0.15, -0.1) is 0 Å². The fourth-order valence-corrected chi connectivity index (χ4v) is 1.93. The van der Waals surface area contributed by atoms with E-state index in [-0.39, 0.29) is 11.3 Å². The van der Waals surface area contributed by atoms with Crippen LogP contribution in [0, 0.1) is 6.92 Å². The lowest BCUT2D eigenvalue weighted by Crippen LogP contribution is -2.18. The highest BCUT2D eigenvalue weighted by Crippen LogP contribution is 2.22. The molecular formula is C16H13NO6. The average Bonchev–Trinajstić information content (AvgIpc) is 2.49. The van der Waals surface area contributed by atoms with Gasteiger partial charge in [-0.3, -0.25) is 5.32 Å². The first-order chi connectivity index (χ1) is 10.9. The Hall–Kier alpha value is -3.35. The van der Waals surface area contributed by atoms with Gasteiger partial charge in [0, 0.05) is 5.69 Å². The molecule has 2 rings (SSSR count). The molecule has 2 aromatic carbocycles. The fourth-order valence-electron chi connectivity index (χ4n) is 1.93. The zero-order valence-corrected chi connectivity index (χ0v) is 12.1. The summed E-state index contributed by atoms with van der Waals surface area (Å²) in [5, 5.41) is 20.5. The van der Waals surface area contributed by atoms with Gasteiger partial charge in [-0.25, -0.2) is 14.4 Å². The van der Waals surface area contributed by atoms with E-state index >= 15 is 0 Å². The summed E-state index contributed by atoms with van der Waals surface area (Å²) in [4.78, 5) is 34.1. The quantitative estimate of drug-likeness (QED) is 0.799. The van der Waals surface area contributed by atoms with Gasteiger partial charge in [-0.2, -0.15) is 0 Å². The molecule has 0 heterocycles. The molecule has 0 bridgehead atoms. The Bertz CT molecular complexity index is 770. The molecule has 0 radical (unpaired) electrons. The van der Waals surface area contributed by atoms with E-state index < -0.39 is 23.6 Å². The van der Waals surface area contributed by atoms with Crippen molar-refractivity contribution in [1.82, 2.24) is 0 Å². The largest absolute Gasteiger partial charge is 0.478 e. The van der Waals surface area contributed by atoms with Crippen LogP contribution in [-0.2, 0) is 0 Å². The molecule has 7 heteroatoms. The molecule has 118 valence electrons. The minimum absolute atomic E-state index is 0.160. The van der Waals surface area contributed by atoms with Crippen LogP contribution in [0.1, 0.15) is 26.3 Å². The smallest absolute Gasteiger partial charge is 0.417 e. The highest BCUT2D eigenvalue weighted by atomic mass is 16.6. The summed E-state index contributed by atoms with van der Waals surface area (Å²) >= 11 is 0. The predicted molar refractivity (Wildman–Crippen MR) is 81.2 cm³/mol. The summed E-state index contributed by atoms with van der Waals surface area (Å²) in [6, 6.07) is 10.6. The predicted octanol–water partition coefficient (Wildman–Crippen LogP) is 3.00. The SMILES string of the molecule is Cc1cc(C(=O)O)c(C(=O)O)cc1NC(=O)Oc1ccccc1. The molecule has 0 unspecified atom stereocenters. The summed E-state index contributed by atoms with van der Waals surface area (Å²) in [5.74, 6) is -2.44. The number of aromatic carboxylic acids is 2. The average molecular weight is 315 g/mol. The van der Waals surface area contributed by atoms with Crippen LogP contribution in [-0.4, -0.2) is 28.2 Å². The highest BCUT2D eigenvalue weighted by Gasteiger charge is 2.19. The van der Waals surface area contributed by atoms with Crippen molar-refractivity contribution in [3.63, 3.8) is 0 Å². The van der Waals surface area contributed by atoms with Crippen LogP contribution < -0.4 is 10.1 Å². The van der Waals surface area contributed by atoms with Crippen molar-refractivity contribution in [3.8, 4) is 5.75 Å². The van der Waals surface area contributed by atoms with Crippen LogP contribution in [0.15, 0.2) is 42.5 Å². The summed E-state index contributed by atoms with van der Waals surface area (Å²) < 4.78 is 5.04. The van der Waals surface area contributed by atoms with Crippen LogP contribution in [0.5, 0.6) is 5.75 Å². The minimum atomic E-state index is -1.40. The maximum Gasteiger partial charge on any atom is 0.417 e. The van der Waals surface area contributed by atoms with Crippen molar-refractivity contribution in [2.24, 2.45) is 0 Å². The lowest BCUT2D eigenvalue weighted by molar-refractivity contribution is 0.0651. The molecule has 3 N–H and O–H groups in total. The normalized spacial score (nSPS) is 9.96. The lowest BCUT2D eigenvalue weighted by atomic mass is 10.0. The Balaban J connectivity index is 2.26. The Morgan fingerprint density at radius 3 is 2.09 bits per heavy atom. The first-order valence-electron chi connectivity index (χ1n) is 6.53. The zero-order valence-electron chi connectivity index (χ0n) is 12.1. The number of carboxylic acids is 2. The summed E-state index contributed by atoms with van der Waals surface area (Å²) in [6.45, 7) is 1.55. The summed E-state index contributed by atoms with van der Waals surface area (Å²) in [7, 11) is 0. The molecule has 23 heavy (non-hydrogen) atoms. The maximum absolute atomic E-state index is 11.8. The van der Waals surface area contributed by atoms with E-state index in [1.54, 1.807) is 37.3 Å². The molecule has 7 nitrogen and oxygen atoms in total. The second kappa shape index (κ2) is 6.61. The summed E-state index contributed by atoms with van der Waals surface area (Å²) in [5.41, 5.74) is -0.208. The molecular weight excluding hydrogens is 302 g/mol. The van der Waals surface area contributed by atoms with Gasteiger partial charge in [0.05, 0.1) is 11.1 Å². The van der Waals surface area contributed by atoms with Crippen molar-refractivity contribution in [3.05, 3.63) is 59.2 Å². The second-order valence-corrected chi connectivity index (χ2v) is 4.65. The van der Waals surface area contributed by atoms with E-state index in [4.69, 9.17) is 14.9 Å². The number of carbonyl (C=O) groups is 3. The van der Waals surface area contributed by atoms with Gasteiger partial charge in [0.15, 0.2) is 0 Å². The molecule has 0 saturated heterocycles. The Labute approximate surface area is 131 Å². The molecule has 0 fully saturated rings. The van der Waals surface area contributed by atoms with E-state index in [9.17, 15) is 14.4 Å². The first-order valence-corrected chi connectivity index (χ1v) is 6.53. The number of nitrogens with one attached hydrogen (secondary N) is 1. The molecule has 0 atom stereocenters. The van der Waals surface area contributed by atoms with Gasteiger partial charge in [-0.1, -0.05) is 18.2 Å². The van der Waals surface area contributed by atoms with Crippen molar-refractivity contribution in [1.29, 1.82) is 0 Å². The lowest BCUT2D eigenvalue weighted by Gasteiger charge is -2.11. The molecule has 0 saturated carbocycles. The van der Waals surface area contributed by atoms with Crippen molar-refractivity contribution in [2.45, 2.75) is 6.92 Å². The van der Waals surface area contributed by atoms with E-state index in [0.717, 1.165) is 6.07 Å². The van der Waals surface area contributed by atoms with Crippen LogP contribution in [0.2, 0.25) is 0 Å². The van der Waals surface area contributed by atoms with Crippen LogP contribution in [0.3, 0.4) is 0 Å². The number of benzene rings is 2. The molecule has 1 amide bonds. The highest BCUT2D eigenvalue weighted by molar-refractivity contribution is 6.03. The minimum Gasteiger partial charge on any atom is -0.478 e. The number of carboxylic acid groups (broad SMARTS) is 2. The number of carbonyl (C=O) groups excluding carboxylic acids is 1. The molecule has 0 aliphatic rings. The van der Waals surface area contributed by atoms with Crippen LogP contribution >= 0.6 is 0 Å². The van der Waals surface area contributed by atoms with Crippen LogP contribution in [0.4, 0.5) is 10.5 Å². The summed E-state index contributed by atoms with van der Waals surface area (Å²) in [6.07, 6.45) is -0.807. The standard InChI is InChI=1S/C16H13NO6/c1-9-7-11(14(18)19)12(15(20)21)8-13(9)17-16(22)23-10-5-3-2-4-6-10/h2-8H,1H3,(H,17,22)(H,18,19)(H,20,21). The van der Waals surface area contributed by atoms with E-state index in [2.05, 4.69) is 5.32 Å². The molecule has 0 aliphatic heterocycles. The van der Waals surface area contributed by atoms with E-state index in [0.29, 0.717) is 11.3 Å². The van der Waals surface area contributed by atoms with Gasteiger partial charge in [0.25, 0.3) is 0 Å². The zero-order chi connectivity index (χ0) is 17.0. The third-order valence-electron chi connectivity index (χ3n) is 3.02. The second-order valence-electron chi connectivity index (χ2n) is 4.65. The molecule has 0 aromatic heterocycles. The van der Waals surface area contributed by atoms with Gasteiger partial charge in [0.2, 0.25) is 0 Å². The number of para-hydroxylation sites is 1. The molecule has 0 spiro atoms. The van der Waals surface area contributed by atoms with E-state index in [1.807, 2.05) is 0 Å². The number of aryl methyl sites for hydroxylation is 1. The van der Waals surface area contributed by atoms with Crippen LogP contribution in [0.25, 0.3) is 0 Å². The monoisotopic (exact) mass is 315 g/mol. The first kappa shape index (κ1) is 16.0. The number of hydrogen-bond acceptors (Lipinski definition) is 4. The van der Waals surface area contributed by atoms with Crippen molar-refractivity contribution < 1.29 is 29.3 Å². The number of rotatable bonds is 4. The van der Waals surface area contributed by atoms with Gasteiger partial charge < -0.3 is 14.9 Å². The molecule has 0 aliphatic carbocycles. The number of amides is 1. The Morgan fingerprint density at radius 1 is 0.957 bits per heavy atom. The van der Waals surface area contributed by atoms with E-state index in [1.165, 1.54) is 6.07 Å². The third-order valence-corrected chi connectivity index (χ3v) is 3.02. The van der Waals surface area contributed by atoms with Gasteiger partial charge in [-0.05, 0) is 36.8 Å². The Kier molecular flexibility index (Phi) is 4.61. The third kappa shape index (κ3) is 3.85. The Morgan fingerprint density at radius 2 is 1.52 bits per heavy atom. The van der Waals surface area contributed by atoms with Gasteiger partial charge >= 0.3 is 18.0 Å². The number of ether oxygens (including phenoxy) is 1. The van der Waals surface area contributed by atoms with Gasteiger partial charge in [0.1, 0.15) is 5.75 Å². The number of anilines is 1. The van der Waals surface area contributed by atoms with Crippen molar-refractivity contribution >= 4 is 23.7 Å². The number of hydrogen-bond donors (Lipinski definition) is 3. The fraction of sp³-hybridized carbons (Fsp3) is 0.0625. The molecule has 2 aromatic rings. The topological polar surface area (TPSA) is 113 Å². The van der Waals surface area contributed by atoms with Crippen molar-refractivity contribution in [2.75, 3.05) is 5.32 Å². The maximum atomic E-state index is 11.8.